The summed E-state index contributed by atoms with van der Waals surface area (Å²) in [5.74, 6) is 1.88. The number of hydrogen-bond acceptors (Lipinski definition) is 5. The van der Waals surface area contributed by atoms with E-state index in [9.17, 15) is 9.90 Å². The van der Waals surface area contributed by atoms with Gasteiger partial charge in [0.05, 0.1) is 14.2 Å². The first-order valence-corrected chi connectivity index (χ1v) is 9.76. The van der Waals surface area contributed by atoms with E-state index in [0.717, 1.165) is 41.3 Å². The minimum atomic E-state index is -0.337. The normalized spacial score (nSPS) is 28.8. The molecule has 0 heterocycles. The molecule has 1 aromatic carbocycles. The lowest BCUT2D eigenvalue weighted by Gasteiger charge is -2.53. The number of phenolic OH excluding ortho intramolecular Hbond substituents is 1. The molecular weight excluding hydrogens is 398 g/mol. The number of halogens is 1. The Labute approximate surface area is 162 Å². The molecule has 142 valence electrons. The molecule has 0 radical (unpaired) electrons. The van der Waals surface area contributed by atoms with Crippen LogP contribution in [0, 0.1) is 11.8 Å². The topological polar surface area (TPSA) is 81.8 Å². The number of hydrogen-bond donors (Lipinski definition) is 2. The largest absolute Gasteiger partial charge is 0.504 e. The van der Waals surface area contributed by atoms with Crippen molar-refractivity contribution >= 4 is 21.7 Å². The number of Topliss-reactive ketones (excluding diaryl/α,β-unsaturated/α-hetero) is 1. The van der Waals surface area contributed by atoms with Crippen LogP contribution in [0.5, 0.6) is 11.5 Å². The van der Waals surface area contributed by atoms with Crippen LogP contribution >= 0.6 is 15.9 Å². The number of nitrogens with two attached hydrogens (primary N) is 1. The maximum Gasteiger partial charge on any atom is 0.197 e. The molecule has 0 aromatic heterocycles. The van der Waals surface area contributed by atoms with Crippen molar-refractivity contribution in [3.8, 4) is 11.5 Å². The Morgan fingerprint density at radius 3 is 2.69 bits per heavy atom. The average Bonchev–Trinajstić information content (AvgIpc) is 2.64. The van der Waals surface area contributed by atoms with Crippen LogP contribution in [0.25, 0.3) is 0 Å². The lowest BCUT2D eigenvalue weighted by Crippen LogP contribution is -2.50. The number of carbonyl (C=O) groups is 1. The number of methoxy groups -OCH3 is 2. The first kappa shape index (κ1) is 19.2. The third-order valence-corrected chi connectivity index (χ3v) is 6.86. The minimum Gasteiger partial charge on any atom is -0.504 e. The van der Waals surface area contributed by atoms with Gasteiger partial charge in [-0.1, -0.05) is 22.4 Å². The van der Waals surface area contributed by atoms with Crippen molar-refractivity contribution in [3.05, 3.63) is 33.5 Å². The first-order chi connectivity index (χ1) is 12.5. The summed E-state index contributed by atoms with van der Waals surface area (Å²) in [7, 11) is 4.62. The van der Waals surface area contributed by atoms with Gasteiger partial charge in [-0.3, -0.25) is 4.79 Å². The standard InChI is InChI=1S/C19H21BrO4.CH5N/c1-23-15-7-12-10-4-3-5-19(12,9-14(15)21)17-11(6-10)13(20)8-16(24-2)18(17)22;1-2/h7-8,10,12,22H,3-6,9H2,1-2H3;2H2,1H3/t10?,12?,19-;/m1./s1. The van der Waals surface area contributed by atoms with E-state index in [2.05, 4.69) is 21.7 Å². The molecule has 0 amide bonds. The van der Waals surface area contributed by atoms with Gasteiger partial charge in [0.1, 0.15) is 0 Å². The third-order valence-electron chi connectivity index (χ3n) is 6.15. The molecule has 4 rings (SSSR count). The molecule has 3 aliphatic carbocycles. The summed E-state index contributed by atoms with van der Waals surface area (Å²) in [4.78, 5) is 12.6. The van der Waals surface area contributed by atoms with Gasteiger partial charge in [-0.2, -0.15) is 0 Å². The van der Waals surface area contributed by atoms with Gasteiger partial charge < -0.3 is 20.3 Å². The van der Waals surface area contributed by atoms with E-state index < -0.39 is 0 Å². The molecule has 3 aliphatic rings. The maximum absolute atomic E-state index is 12.6. The van der Waals surface area contributed by atoms with Crippen LogP contribution in [-0.2, 0) is 21.4 Å². The van der Waals surface area contributed by atoms with E-state index in [1.807, 2.05) is 12.1 Å². The summed E-state index contributed by atoms with van der Waals surface area (Å²) in [6, 6.07) is 1.84. The molecule has 0 aliphatic heterocycles. The summed E-state index contributed by atoms with van der Waals surface area (Å²) in [5, 5.41) is 10.9. The zero-order valence-corrected chi connectivity index (χ0v) is 17.1. The van der Waals surface area contributed by atoms with Gasteiger partial charge in [0.15, 0.2) is 23.0 Å². The Kier molecular flexibility index (Phi) is 5.35. The average molecular weight is 424 g/mol. The second kappa shape index (κ2) is 7.24. The van der Waals surface area contributed by atoms with Gasteiger partial charge in [-0.25, -0.2) is 0 Å². The number of phenols is 1. The lowest BCUT2D eigenvalue weighted by molar-refractivity contribution is -0.122. The maximum atomic E-state index is 12.6. The number of rotatable bonds is 2. The van der Waals surface area contributed by atoms with Crippen LogP contribution in [0.15, 0.2) is 22.4 Å². The second-order valence-electron chi connectivity index (χ2n) is 7.14. The predicted octanol–water partition coefficient (Wildman–Crippen LogP) is 3.45. The zero-order chi connectivity index (χ0) is 19.1. The number of aromatic hydroxyl groups is 1. The Bertz CT molecular complexity index is 761. The highest BCUT2D eigenvalue weighted by molar-refractivity contribution is 9.10. The van der Waals surface area contributed by atoms with Crippen LogP contribution in [0.1, 0.15) is 36.8 Å². The van der Waals surface area contributed by atoms with Crippen molar-refractivity contribution in [2.45, 2.75) is 37.5 Å². The van der Waals surface area contributed by atoms with E-state index >= 15 is 0 Å². The van der Waals surface area contributed by atoms with Crippen molar-refractivity contribution < 1.29 is 19.4 Å². The van der Waals surface area contributed by atoms with E-state index in [1.165, 1.54) is 7.05 Å². The molecule has 26 heavy (non-hydrogen) atoms. The fraction of sp³-hybridized carbons (Fsp3) is 0.550. The molecule has 5 nitrogen and oxygen atoms in total. The Morgan fingerprint density at radius 2 is 2.04 bits per heavy atom. The molecular formula is C20H26BrNO4. The summed E-state index contributed by atoms with van der Waals surface area (Å²) in [6.07, 6.45) is 6.46. The fourth-order valence-electron chi connectivity index (χ4n) is 5.21. The number of benzene rings is 1. The number of allylic oxidation sites excluding steroid dienone is 2. The third kappa shape index (κ3) is 2.65. The quantitative estimate of drug-likeness (QED) is 0.760. The highest BCUT2D eigenvalue weighted by Gasteiger charge is 2.55. The van der Waals surface area contributed by atoms with Gasteiger partial charge in [-0.05, 0) is 55.9 Å². The van der Waals surface area contributed by atoms with Gasteiger partial charge in [0, 0.05) is 21.9 Å². The van der Waals surface area contributed by atoms with E-state index in [-0.39, 0.29) is 22.9 Å². The van der Waals surface area contributed by atoms with Crippen LogP contribution in [0.2, 0.25) is 0 Å². The Hall–Kier alpha value is -1.53. The molecule has 2 unspecified atom stereocenters. The molecule has 6 heteroatoms. The summed E-state index contributed by atoms with van der Waals surface area (Å²) in [5.41, 5.74) is 6.21. The van der Waals surface area contributed by atoms with Crippen molar-refractivity contribution in [1.29, 1.82) is 0 Å². The lowest BCUT2D eigenvalue weighted by atomic mass is 9.50. The number of ether oxygens (including phenoxy) is 2. The first-order valence-electron chi connectivity index (χ1n) is 8.97. The molecule has 0 spiro atoms. The van der Waals surface area contributed by atoms with Crippen molar-refractivity contribution in [2.75, 3.05) is 21.3 Å². The van der Waals surface area contributed by atoms with E-state index in [4.69, 9.17) is 9.47 Å². The van der Waals surface area contributed by atoms with Crippen LogP contribution < -0.4 is 10.5 Å². The fourth-order valence-corrected chi connectivity index (χ4v) is 5.78. The summed E-state index contributed by atoms with van der Waals surface area (Å²) >= 11 is 3.65. The molecule has 1 fully saturated rings. The Balaban J connectivity index is 0.000000948. The number of ketones is 1. The Morgan fingerprint density at radius 1 is 1.31 bits per heavy atom. The number of fused-ring (bicyclic) bond motifs is 1. The van der Waals surface area contributed by atoms with Crippen LogP contribution in [0.4, 0.5) is 0 Å². The van der Waals surface area contributed by atoms with Gasteiger partial charge in [0.25, 0.3) is 0 Å². The van der Waals surface area contributed by atoms with Gasteiger partial charge in [-0.15, -0.1) is 0 Å². The van der Waals surface area contributed by atoms with Gasteiger partial charge in [0.2, 0.25) is 0 Å². The van der Waals surface area contributed by atoms with Crippen LogP contribution in [0.3, 0.4) is 0 Å². The second-order valence-corrected chi connectivity index (χ2v) is 7.99. The monoisotopic (exact) mass is 423 g/mol. The summed E-state index contributed by atoms with van der Waals surface area (Å²) < 4.78 is 11.7. The van der Waals surface area contributed by atoms with Crippen molar-refractivity contribution in [1.82, 2.24) is 0 Å². The van der Waals surface area contributed by atoms with Crippen molar-refractivity contribution in [2.24, 2.45) is 17.6 Å². The molecule has 1 saturated carbocycles. The molecule has 1 aromatic rings. The van der Waals surface area contributed by atoms with Crippen molar-refractivity contribution in [3.63, 3.8) is 0 Å². The SMILES string of the molecule is CN.COC1=CC2C3CCC[C@]2(CC1=O)c1c(O)c(OC)cc(Br)c1C3. The molecule has 2 bridgehead atoms. The molecule has 3 N–H and O–H groups in total. The highest BCUT2D eigenvalue weighted by atomic mass is 79.9. The summed E-state index contributed by atoms with van der Waals surface area (Å²) in [6.45, 7) is 0. The predicted molar refractivity (Wildman–Crippen MR) is 103 cm³/mol. The number of carbonyl (C=O) groups excluding carboxylic acids is 1. The zero-order valence-electron chi connectivity index (χ0n) is 15.5. The van der Waals surface area contributed by atoms with Gasteiger partial charge >= 0.3 is 0 Å². The minimum absolute atomic E-state index is 0.0283. The van der Waals surface area contributed by atoms with Crippen LogP contribution in [-0.4, -0.2) is 32.2 Å². The highest BCUT2D eigenvalue weighted by Crippen LogP contribution is 2.61. The van der Waals surface area contributed by atoms with E-state index in [0.29, 0.717) is 23.8 Å². The molecule has 0 saturated heterocycles. The molecule has 3 atom stereocenters. The van der Waals surface area contributed by atoms with E-state index in [1.54, 1.807) is 14.2 Å². The smallest absolute Gasteiger partial charge is 0.197 e.